The number of amides is 1. The number of benzene rings is 2. The maximum atomic E-state index is 13.4. The monoisotopic (exact) mass is 466 g/mol. The highest BCUT2D eigenvalue weighted by Crippen LogP contribution is 2.27. The van der Waals surface area contributed by atoms with E-state index in [0.717, 1.165) is 11.1 Å². The van der Waals surface area contributed by atoms with Crippen LogP contribution < -0.4 is 20.3 Å². The standard InChI is InChI=1S/C27H22N4O4/c1-17-8-4-5-12-23(17)35-26-22(27(33)31-13-7-9-18(2)24(31)30-26)14-19(16-28)25(32)29-20-10-6-11-21(15-20)34-3/h4-15H,1-3H3,(H,29,32)/b19-14-. The number of aryl methyl sites for hydroxylation is 2. The normalized spacial score (nSPS) is 11.1. The number of aromatic nitrogens is 2. The Balaban J connectivity index is 1.83. The van der Waals surface area contributed by atoms with Gasteiger partial charge in [0.05, 0.1) is 7.11 Å². The smallest absolute Gasteiger partial charge is 0.269 e. The minimum Gasteiger partial charge on any atom is -0.497 e. The fourth-order valence-corrected chi connectivity index (χ4v) is 3.46. The summed E-state index contributed by atoms with van der Waals surface area (Å²) in [6.07, 6.45) is 2.78. The molecule has 4 rings (SSSR count). The SMILES string of the molecule is COc1cccc(NC(=O)/C(C#N)=C\c2c(Oc3ccccc3C)nc3c(C)cccn3c2=O)c1. The fourth-order valence-electron chi connectivity index (χ4n) is 3.46. The van der Waals surface area contributed by atoms with Crippen LogP contribution in [0.4, 0.5) is 5.69 Å². The Morgan fingerprint density at radius 2 is 1.86 bits per heavy atom. The van der Waals surface area contributed by atoms with E-state index in [4.69, 9.17) is 9.47 Å². The molecule has 0 fully saturated rings. The van der Waals surface area contributed by atoms with Gasteiger partial charge in [-0.05, 0) is 55.3 Å². The number of rotatable bonds is 6. The number of methoxy groups -OCH3 is 1. The summed E-state index contributed by atoms with van der Waals surface area (Å²) >= 11 is 0. The van der Waals surface area contributed by atoms with Gasteiger partial charge in [-0.15, -0.1) is 0 Å². The highest BCUT2D eigenvalue weighted by Gasteiger charge is 2.19. The van der Waals surface area contributed by atoms with Crippen LogP contribution in [-0.2, 0) is 4.79 Å². The van der Waals surface area contributed by atoms with Crippen LogP contribution in [0.5, 0.6) is 17.4 Å². The number of para-hydroxylation sites is 1. The molecule has 4 aromatic rings. The van der Waals surface area contributed by atoms with E-state index in [9.17, 15) is 14.9 Å². The number of nitrogens with zero attached hydrogens (tertiary/aromatic N) is 3. The van der Waals surface area contributed by atoms with Crippen LogP contribution in [0.15, 0.2) is 77.2 Å². The van der Waals surface area contributed by atoms with Crippen molar-refractivity contribution in [3.8, 4) is 23.4 Å². The Hall–Kier alpha value is -4.90. The number of carbonyl (C=O) groups is 1. The van der Waals surface area contributed by atoms with Crippen molar-refractivity contribution >= 4 is 23.3 Å². The van der Waals surface area contributed by atoms with E-state index < -0.39 is 11.5 Å². The number of carbonyl (C=O) groups excluding carboxylic acids is 1. The zero-order valence-corrected chi connectivity index (χ0v) is 19.4. The van der Waals surface area contributed by atoms with Crippen LogP contribution in [0.25, 0.3) is 11.7 Å². The Labute approximate surface area is 201 Å². The van der Waals surface area contributed by atoms with Crippen molar-refractivity contribution in [1.29, 1.82) is 5.26 Å². The van der Waals surface area contributed by atoms with Gasteiger partial charge in [0.25, 0.3) is 11.5 Å². The molecule has 2 aromatic carbocycles. The topological polar surface area (TPSA) is 106 Å². The average molecular weight is 466 g/mol. The molecule has 0 aliphatic carbocycles. The molecule has 8 heteroatoms. The third-order valence-corrected chi connectivity index (χ3v) is 5.33. The van der Waals surface area contributed by atoms with Gasteiger partial charge in [0.15, 0.2) is 0 Å². The van der Waals surface area contributed by atoms with Gasteiger partial charge in [-0.25, -0.2) is 0 Å². The predicted molar refractivity (Wildman–Crippen MR) is 133 cm³/mol. The van der Waals surface area contributed by atoms with E-state index >= 15 is 0 Å². The lowest BCUT2D eigenvalue weighted by Crippen LogP contribution is -2.20. The van der Waals surface area contributed by atoms with Gasteiger partial charge in [0, 0.05) is 18.0 Å². The zero-order valence-electron chi connectivity index (χ0n) is 19.4. The fraction of sp³-hybridized carbons (Fsp3) is 0.111. The first-order valence-corrected chi connectivity index (χ1v) is 10.7. The van der Waals surface area contributed by atoms with E-state index in [1.54, 1.807) is 48.7 Å². The number of anilines is 1. The molecule has 0 saturated carbocycles. The summed E-state index contributed by atoms with van der Waals surface area (Å²) in [7, 11) is 1.51. The molecule has 0 unspecified atom stereocenters. The molecule has 174 valence electrons. The van der Waals surface area contributed by atoms with Gasteiger partial charge in [-0.2, -0.15) is 10.2 Å². The molecule has 0 spiro atoms. The van der Waals surface area contributed by atoms with Gasteiger partial charge < -0.3 is 14.8 Å². The lowest BCUT2D eigenvalue weighted by Gasteiger charge is -2.13. The predicted octanol–water partition coefficient (Wildman–Crippen LogP) is 4.66. The molecular weight excluding hydrogens is 444 g/mol. The molecule has 2 aromatic heterocycles. The van der Waals surface area contributed by atoms with Crippen LogP contribution in [0.2, 0.25) is 0 Å². The Bertz CT molecular complexity index is 1560. The molecule has 1 N–H and O–H groups in total. The molecule has 8 nitrogen and oxygen atoms in total. The third kappa shape index (κ3) is 4.89. The minimum absolute atomic E-state index is 0.000491. The van der Waals surface area contributed by atoms with E-state index in [-0.39, 0.29) is 17.0 Å². The maximum absolute atomic E-state index is 13.4. The van der Waals surface area contributed by atoms with E-state index in [1.165, 1.54) is 17.6 Å². The van der Waals surface area contributed by atoms with Crippen molar-refractivity contribution in [1.82, 2.24) is 9.38 Å². The highest BCUT2D eigenvalue weighted by atomic mass is 16.5. The van der Waals surface area contributed by atoms with Crippen LogP contribution in [0, 0.1) is 25.2 Å². The quantitative estimate of drug-likeness (QED) is 0.327. The van der Waals surface area contributed by atoms with Crippen molar-refractivity contribution in [2.75, 3.05) is 12.4 Å². The summed E-state index contributed by atoms with van der Waals surface area (Å²) in [5.41, 5.74) is 1.69. The largest absolute Gasteiger partial charge is 0.497 e. The number of nitrogens with one attached hydrogen (secondary N) is 1. The summed E-state index contributed by atoms with van der Waals surface area (Å²) in [5.74, 6) is 0.370. The number of nitriles is 1. The van der Waals surface area contributed by atoms with Gasteiger partial charge in [-0.3, -0.25) is 14.0 Å². The number of hydrogen-bond donors (Lipinski definition) is 1. The van der Waals surface area contributed by atoms with E-state index in [0.29, 0.717) is 22.8 Å². The second-order valence-electron chi connectivity index (χ2n) is 7.74. The number of pyridine rings is 1. The van der Waals surface area contributed by atoms with Crippen molar-refractivity contribution in [2.24, 2.45) is 0 Å². The molecule has 0 aliphatic rings. The van der Waals surface area contributed by atoms with Crippen molar-refractivity contribution in [3.63, 3.8) is 0 Å². The molecule has 1 amide bonds. The molecule has 0 saturated heterocycles. The summed E-state index contributed by atoms with van der Waals surface area (Å²) in [6.45, 7) is 3.70. The van der Waals surface area contributed by atoms with Gasteiger partial charge >= 0.3 is 0 Å². The number of hydrogen-bond acceptors (Lipinski definition) is 6. The van der Waals surface area contributed by atoms with Crippen LogP contribution in [0.1, 0.15) is 16.7 Å². The third-order valence-electron chi connectivity index (χ3n) is 5.33. The molecule has 0 bridgehead atoms. The molecule has 35 heavy (non-hydrogen) atoms. The zero-order chi connectivity index (χ0) is 24.9. The second kappa shape index (κ2) is 9.93. The molecule has 0 atom stereocenters. The first kappa shape index (κ1) is 23.3. The lowest BCUT2D eigenvalue weighted by molar-refractivity contribution is -0.112. The average Bonchev–Trinajstić information content (AvgIpc) is 2.86. The second-order valence-corrected chi connectivity index (χ2v) is 7.74. The van der Waals surface area contributed by atoms with Gasteiger partial charge in [0.2, 0.25) is 5.88 Å². The Morgan fingerprint density at radius 1 is 1.09 bits per heavy atom. The Morgan fingerprint density at radius 3 is 2.60 bits per heavy atom. The van der Waals surface area contributed by atoms with Crippen LogP contribution >= 0.6 is 0 Å². The van der Waals surface area contributed by atoms with Crippen molar-refractivity contribution in [3.05, 3.63) is 99.5 Å². The number of ether oxygens (including phenoxy) is 2. The first-order valence-electron chi connectivity index (χ1n) is 10.7. The van der Waals surface area contributed by atoms with Crippen LogP contribution in [-0.4, -0.2) is 22.4 Å². The lowest BCUT2D eigenvalue weighted by atomic mass is 10.1. The summed E-state index contributed by atoms with van der Waals surface area (Å²) in [6, 6.07) is 19.4. The minimum atomic E-state index is -0.684. The summed E-state index contributed by atoms with van der Waals surface area (Å²) < 4.78 is 12.6. The maximum Gasteiger partial charge on any atom is 0.269 e. The van der Waals surface area contributed by atoms with E-state index in [1.807, 2.05) is 38.1 Å². The molecular formula is C27H22N4O4. The van der Waals surface area contributed by atoms with Gasteiger partial charge in [-0.1, -0.05) is 30.3 Å². The molecule has 0 aliphatic heterocycles. The van der Waals surface area contributed by atoms with E-state index in [2.05, 4.69) is 10.3 Å². The van der Waals surface area contributed by atoms with Crippen LogP contribution in [0.3, 0.4) is 0 Å². The summed E-state index contributed by atoms with van der Waals surface area (Å²) in [5, 5.41) is 12.4. The Kier molecular flexibility index (Phi) is 6.60. The number of fused-ring (bicyclic) bond motifs is 1. The highest BCUT2D eigenvalue weighted by molar-refractivity contribution is 6.09. The van der Waals surface area contributed by atoms with Gasteiger partial charge in [0.1, 0.15) is 34.4 Å². The molecule has 0 radical (unpaired) electrons. The van der Waals surface area contributed by atoms with Crippen molar-refractivity contribution in [2.45, 2.75) is 13.8 Å². The first-order chi connectivity index (χ1) is 16.9. The summed E-state index contributed by atoms with van der Waals surface area (Å²) in [4.78, 5) is 30.9. The van der Waals surface area contributed by atoms with Crippen molar-refractivity contribution < 1.29 is 14.3 Å². The molecule has 2 heterocycles.